The lowest BCUT2D eigenvalue weighted by molar-refractivity contribution is 0.406. The summed E-state index contributed by atoms with van der Waals surface area (Å²) in [6, 6.07) is 13.4. The fourth-order valence-corrected chi connectivity index (χ4v) is 2.83. The number of rotatable bonds is 3. The SMILES string of the molecule is COc1ccc(F)cc1CC1CCc2ccccc2N1. The maximum absolute atomic E-state index is 13.4. The van der Waals surface area contributed by atoms with Gasteiger partial charge in [-0.15, -0.1) is 0 Å². The van der Waals surface area contributed by atoms with Crippen molar-refractivity contribution < 1.29 is 9.13 Å². The highest BCUT2D eigenvalue weighted by Crippen LogP contribution is 2.28. The van der Waals surface area contributed by atoms with Crippen LogP contribution in [-0.2, 0) is 12.8 Å². The van der Waals surface area contributed by atoms with E-state index in [0.717, 1.165) is 30.6 Å². The van der Waals surface area contributed by atoms with E-state index in [1.165, 1.54) is 17.3 Å². The molecule has 1 atom stereocenters. The fraction of sp³-hybridized carbons (Fsp3) is 0.294. The number of halogens is 1. The third-order valence-corrected chi connectivity index (χ3v) is 3.85. The summed E-state index contributed by atoms with van der Waals surface area (Å²) >= 11 is 0. The van der Waals surface area contributed by atoms with Gasteiger partial charge in [-0.05, 0) is 54.7 Å². The van der Waals surface area contributed by atoms with E-state index in [1.807, 2.05) is 6.07 Å². The van der Waals surface area contributed by atoms with Crippen LogP contribution in [0.3, 0.4) is 0 Å². The Balaban J connectivity index is 1.78. The monoisotopic (exact) mass is 271 g/mol. The Morgan fingerprint density at radius 3 is 2.95 bits per heavy atom. The van der Waals surface area contributed by atoms with Crippen molar-refractivity contribution in [3.63, 3.8) is 0 Å². The van der Waals surface area contributed by atoms with Gasteiger partial charge in [0.2, 0.25) is 0 Å². The van der Waals surface area contributed by atoms with Crippen LogP contribution in [-0.4, -0.2) is 13.2 Å². The molecule has 0 amide bonds. The van der Waals surface area contributed by atoms with Crippen molar-refractivity contribution in [1.82, 2.24) is 0 Å². The minimum absolute atomic E-state index is 0.211. The van der Waals surface area contributed by atoms with Gasteiger partial charge in [0.25, 0.3) is 0 Å². The summed E-state index contributed by atoms with van der Waals surface area (Å²) in [5, 5.41) is 3.54. The number of anilines is 1. The van der Waals surface area contributed by atoms with E-state index in [0.29, 0.717) is 6.04 Å². The summed E-state index contributed by atoms with van der Waals surface area (Å²) in [4.78, 5) is 0. The van der Waals surface area contributed by atoms with Gasteiger partial charge in [-0.25, -0.2) is 4.39 Å². The van der Waals surface area contributed by atoms with Gasteiger partial charge in [0.05, 0.1) is 7.11 Å². The Hall–Kier alpha value is -2.03. The van der Waals surface area contributed by atoms with Gasteiger partial charge in [0.15, 0.2) is 0 Å². The summed E-state index contributed by atoms with van der Waals surface area (Å²) < 4.78 is 18.7. The van der Waals surface area contributed by atoms with Crippen LogP contribution >= 0.6 is 0 Å². The van der Waals surface area contributed by atoms with Crippen molar-refractivity contribution in [2.45, 2.75) is 25.3 Å². The molecule has 0 aromatic heterocycles. The van der Waals surface area contributed by atoms with Crippen LogP contribution in [0.5, 0.6) is 5.75 Å². The standard InChI is InChI=1S/C17H18FNO/c1-20-17-9-7-14(18)10-13(17)11-15-8-6-12-4-2-3-5-16(12)19-15/h2-5,7,9-10,15,19H,6,8,11H2,1H3. The molecule has 1 N–H and O–H groups in total. The Morgan fingerprint density at radius 2 is 2.10 bits per heavy atom. The second kappa shape index (κ2) is 5.53. The number of fused-ring (bicyclic) bond motifs is 1. The maximum atomic E-state index is 13.4. The van der Waals surface area contributed by atoms with E-state index >= 15 is 0 Å². The molecule has 0 aliphatic carbocycles. The molecule has 104 valence electrons. The highest BCUT2D eigenvalue weighted by Gasteiger charge is 2.19. The first-order chi connectivity index (χ1) is 9.76. The molecule has 0 fully saturated rings. The molecule has 0 spiro atoms. The second-order valence-electron chi connectivity index (χ2n) is 5.20. The van der Waals surface area contributed by atoms with E-state index in [9.17, 15) is 4.39 Å². The number of benzene rings is 2. The van der Waals surface area contributed by atoms with Crippen LogP contribution in [0.1, 0.15) is 17.5 Å². The molecular weight excluding hydrogens is 253 g/mol. The number of aryl methyl sites for hydroxylation is 1. The average molecular weight is 271 g/mol. The third kappa shape index (κ3) is 2.62. The summed E-state index contributed by atoms with van der Waals surface area (Å²) in [5.41, 5.74) is 3.47. The Bertz CT molecular complexity index is 612. The minimum Gasteiger partial charge on any atom is -0.496 e. The summed E-state index contributed by atoms with van der Waals surface area (Å²) in [5.74, 6) is 0.545. The van der Waals surface area contributed by atoms with Gasteiger partial charge in [0.1, 0.15) is 11.6 Å². The molecule has 20 heavy (non-hydrogen) atoms. The lowest BCUT2D eigenvalue weighted by atomic mass is 9.93. The molecule has 1 aliphatic rings. The number of para-hydroxylation sites is 1. The maximum Gasteiger partial charge on any atom is 0.123 e. The quantitative estimate of drug-likeness (QED) is 0.916. The van der Waals surface area contributed by atoms with Gasteiger partial charge in [-0.2, -0.15) is 0 Å². The number of methoxy groups -OCH3 is 1. The normalized spacial score (nSPS) is 17.2. The number of hydrogen-bond donors (Lipinski definition) is 1. The van der Waals surface area contributed by atoms with E-state index in [4.69, 9.17) is 4.74 Å². The summed E-state index contributed by atoms with van der Waals surface area (Å²) in [6.07, 6.45) is 2.89. The molecule has 1 unspecified atom stereocenters. The highest BCUT2D eigenvalue weighted by atomic mass is 19.1. The predicted octanol–water partition coefficient (Wildman–Crippen LogP) is 3.80. The average Bonchev–Trinajstić information content (AvgIpc) is 2.47. The molecule has 3 heteroatoms. The molecule has 0 bridgehead atoms. The van der Waals surface area contributed by atoms with Crippen molar-refractivity contribution in [3.05, 3.63) is 59.4 Å². The number of ether oxygens (including phenoxy) is 1. The van der Waals surface area contributed by atoms with Crippen molar-refractivity contribution in [2.75, 3.05) is 12.4 Å². The van der Waals surface area contributed by atoms with Gasteiger partial charge < -0.3 is 10.1 Å². The summed E-state index contributed by atoms with van der Waals surface area (Å²) in [7, 11) is 1.63. The van der Waals surface area contributed by atoms with Crippen molar-refractivity contribution >= 4 is 5.69 Å². The Morgan fingerprint density at radius 1 is 1.25 bits per heavy atom. The molecule has 2 aromatic carbocycles. The topological polar surface area (TPSA) is 21.3 Å². The van der Waals surface area contributed by atoms with Gasteiger partial charge in [-0.3, -0.25) is 0 Å². The largest absolute Gasteiger partial charge is 0.496 e. The Labute approximate surface area is 118 Å². The first kappa shape index (κ1) is 13.0. The van der Waals surface area contributed by atoms with E-state index in [2.05, 4.69) is 23.5 Å². The molecule has 2 aromatic rings. The lowest BCUT2D eigenvalue weighted by Gasteiger charge is -2.27. The molecule has 2 nitrogen and oxygen atoms in total. The first-order valence-electron chi connectivity index (χ1n) is 6.93. The number of nitrogens with one attached hydrogen (secondary N) is 1. The van der Waals surface area contributed by atoms with Gasteiger partial charge in [-0.1, -0.05) is 18.2 Å². The van der Waals surface area contributed by atoms with Crippen LogP contribution in [0.25, 0.3) is 0 Å². The van der Waals surface area contributed by atoms with Crippen LogP contribution in [0.2, 0.25) is 0 Å². The molecule has 0 radical (unpaired) electrons. The van der Waals surface area contributed by atoms with Crippen LogP contribution < -0.4 is 10.1 Å². The third-order valence-electron chi connectivity index (χ3n) is 3.85. The van der Waals surface area contributed by atoms with Crippen molar-refractivity contribution in [2.24, 2.45) is 0 Å². The second-order valence-corrected chi connectivity index (χ2v) is 5.20. The molecule has 1 heterocycles. The van der Waals surface area contributed by atoms with Crippen LogP contribution in [0.4, 0.5) is 10.1 Å². The lowest BCUT2D eigenvalue weighted by Crippen LogP contribution is -2.27. The molecule has 3 rings (SSSR count). The minimum atomic E-state index is -0.211. The zero-order valence-corrected chi connectivity index (χ0v) is 11.5. The van der Waals surface area contributed by atoms with Crippen molar-refractivity contribution in [1.29, 1.82) is 0 Å². The van der Waals surface area contributed by atoms with Crippen molar-refractivity contribution in [3.8, 4) is 5.75 Å². The smallest absolute Gasteiger partial charge is 0.123 e. The predicted molar refractivity (Wildman–Crippen MR) is 78.8 cm³/mol. The fourth-order valence-electron chi connectivity index (χ4n) is 2.83. The van der Waals surface area contributed by atoms with Crippen LogP contribution in [0, 0.1) is 5.82 Å². The van der Waals surface area contributed by atoms with Gasteiger partial charge >= 0.3 is 0 Å². The van der Waals surface area contributed by atoms with E-state index < -0.39 is 0 Å². The zero-order valence-electron chi connectivity index (χ0n) is 11.5. The van der Waals surface area contributed by atoms with Crippen LogP contribution in [0.15, 0.2) is 42.5 Å². The zero-order chi connectivity index (χ0) is 13.9. The number of hydrogen-bond acceptors (Lipinski definition) is 2. The van der Waals surface area contributed by atoms with Gasteiger partial charge in [0, 0.05) is 11.7 Å². The molecule has 0 saturated heterocycles. The molecule has 0 saturated carbocycles. The molecule has 1 aliphatic heterocycles. The Kier molecular flexibility index (Phi) is 3.59. The van der Waals surface area contributed by atoms with E-state index in [-0.39, 0.29) is 5.82 Å². The van der Waals surface area contributed by atoms with E-state index in [1.54, 1.807) is 19.2 Å². The highest BCUT2D eigenvalue weighted by molar-refractivity contribution is 5.54. The summed E-state index contributed by atoms with van der Waals surface area (Å²) in [6.45, 7) is 0. The molecular formula is C17H18FNO. The first-order valence-corrected chi connectivity index (χ1v) is 6.93.